The summed E-state index contributed by atoms with van der Waals surface area (Å²) in [5, 5.41) is 8.63. The molecule has 0 radical (unpaired) electrons. The van der Waals surface area contributed by atoms with E-state index in [2.05, 4.69) is 0 Å². The molecule has 14 heavy (non-hydrogen) atoms. The molecule has 0 heterocycles. The number of benzene rings is 1. The fourth-order valence-electron chi connectivity index (χ4n) is 1.74. The van der Waals surface area contributed by atoms with E-state index in [4.69, 9.17) is 5.26 Å². The number of nitriles is 1. The van der Waals surface area contributed by atoms with E-state index in [9.17, 15) is 9.18 Å². The van der Waals surface area contributed by atoms with Gasteiger partial charge in [0.15, 0.2) is 0 Å². The maximum Gasteiger partial charge on any atom is 0.137 e. The maximum atomic E-state index is 13.4. The molecule has 0 aromatic heterocycles. The molecule has 2 nitrogen and oxygen atoms in total. The van der Waals surface area contributed by atoms with Crippen molar-refractivity contribution < 1.29 is 9.18 Å². The molecule has 0 saturated carbocycles. The molecule has 0 fully saturated rings. The maximum absolute atomic E-state index is 13.4. The van der Waals surface area contributed by atoms with Crippen LogP contribution in [0, 0.1) is 17.1 Å². The SMILES string of the molecule is N#Cc1cc(F)c2c(c1)CCC(=O)C2. The smallest absolute Gasteiger partial charge is 0.137 e. The predicted octanol–water partition coefficient (Wildman–Crippen LogP) is 1.76. The van der Waals surface area contributed by atoms with Crippen LogP contribution in [0.2, 0.25) is 0 Å². The second-order valence-electron chi connectivity index (χ2n) is 3.42. The molecule has 0 unspecified atom stereocenters. The second-order valence-corrected chi connectivity index (χ2v) is 3.42. The Bertz CT molecular complexity index is 445. The van der Waals surface area contributed by atoms with Crippen LogP contribution in [-0.4, -0.2) is 5.78 Å². The summed E-state index contributed by atoms with van der Waals surface area (Å²) in [6.07, 6.45) is 1.19. The van der Waals surface area contributed by atoms with Crippen molar-refractivity contribution in [1.29, 1.82) is 5.26 Å². The quantitative estimate of drug-likeness (QED) is 0.623. The molecule has 2 rings (SSSR count). The van der Waals surface area contributed by atoms with Crippen LogP contribution in [0.15, 0.2) is 12.1 Å². The van der Waals surface area contributed by atoms with E-state index >= 15 is 0 Å². The highest BCUT2D eigenvalue weighted by Gasteiger charge is 2.19. The molecule has 3 heteroatoms. The van der Waals surface area contributed by atoms with Gasteiger partial charge in [-0.25, -0.2) is 4.39 Å². The van der Waals surface area contributed by atoms with Crippen LogP contribution in [0.3, 0.4) is 0 Å². The van der Waals surface area contributed by atoms with Crippen molar-refractivity contribution in [2.45, 2.75) is 19.3 Å². The number of fused-ring (bicyclic) bond motifs is 1. The van der Waals surface area contributed by atoms with Gasteiger partial charge in [0.25, 0.3) is 0 Å². The Morgan fingerprint density at radius 2 is 2.14 bits per heavy atom. The molecule has 70 valence electrons. The number of carbonyl (C=O) groups is 1. The number of carbonyl (C=O) groups excluding carboxylic acids is 1. The number of rotatable bonds is 0. The molecule has 1 aliphatic carbocycles. The summed E-state index contributed by atoms with van der Waals surface area (Å²) in [6.45, 7) is 0. The first kappa shape index (κ1) is 8.89. The Kier molecular flexibility index (Phi) is 2.05. The second kappa shape index (κ2) is 3.22. The average molecular weight is 189 g/mol. The average Bonchev–Trinajstić information content (AvgIpc) is 2.19. The van der Waals surface area contributed by atoms with Crippen LogP contribution in [0.25, 0.3) is 0 Å². The van der Waals surface area contributed by atoms with Crippen molar-refractivity contribution in [2.24, 2.45) is 0 Å². The van der Waals surface area contributed by atoms with Crippen LogP contribution in [0.4, 0.5) is 4.39 Å². The third kappa shape index (κ3) is 1.39. The standard InChI is InChI=1S/C11H8FNO/c12-11-4-7(6-13)3-8-1-2-9(14)5-10(8)11/h3-4H,1-2,5H2. The van der Waals surface area contributed by atoms with Crippen LogP contribution in [-0.2, 0) is 17.6 Å². The van der Waals surface area contributed by atoms with Gasteiger partial charge in [-0.05, 0) is 29.7 Å². The van der Waals surface area contributed by atoms with E-state index in [1.54, 1.807) is 6.07 Å². The van der Waals surface area contributed by atoms with E-state index in [0.29, 0.717) is 24.0 Å². The minimum absolute atomic E-state index is 0.0705. The van der Waals surface area contributed by atoms with Gasteiger partial charge >= 0.3 is 0 Å². The van der Waals surface area contributed by atoms with Crippen molar-refractivity contribution >= 4 is 5.78 Å². The fraction of sp³-hybridized carbons (Fsp3) is 0.273. The molecule has 0 atom stereocenters. The molecular formula is C11H8FNO. The zero-order valence-electron chi connectivity index (χ0n) is 7.51. The van der Waals surface area contributed by atoms with Gasteiger partial charge in [0.1, 0.15) is 11.6 Å². The first-order valence-electron chi connectivity index (χ1n) is 4.44. The molecule has 0 aliphatic heterocycles. The molecule has 0 N–H and O–H groups in total. The van der Waals surface area contributed by atoms with Gasteiger partial charge in [0.2, 0.25) is 0 Å². The van der Waals surface area contributed by atoms with E-state index < -0.39 is 5.82 Å². The zero-order chi connectivity index (χ0) is 10.1. The summed E-state index contributed by atoms with van der Waals surface area (Å²) in [5.74, 6) is -0.354. The third-order valence-corrected chi connectivity index (χ3v) is 2.46. The fourth-order valence-corrected chi connectivity index (χ4v) is 1.74. The molecule has 0 amide bonds. The van der Waals surface area contributed by atoms with E-state index in [-0.39, 0.29) is 12.2 Å². The summed E-state index contributed by atoms with van der Waals surface area (Å²) in [7, 11) is 0. The molecule has 1 aromatic rings. The lowest BCUT2D eigenvalue weighted by atomic mass is 9.89. The van der Waals surface area contributed by atoms with E-state index in [1.165, 1.54) is 6.07 Å². The highest BCUT2D eigenvalue weighted by Crippen LogP contribution is 2.23. The summed E-state index contributed by atoms with van der Waals surface area (Å²) < 4.78 is 13.4. The molecule has 1 aromatic carbocycles. The number of halogens is 1. The van der Waals surface area contributed by atoms with Crippen molar-refractivity contribution in [3.8, 4) is 6.07 Å². The molecule has 1 aliphatic rings. The highest BCUT2D eigenvalue weighted by molar-refractivity contribution is 5.83. The summed E-state index contributed by atoms with van der Waals surface area (Å²) in [4.78, 5) is 11.1. The number of aryl methyl sites for hydroxylation is 1. The monoisotopic (exact) mass is 189 g/mol. The predicted molar refractivity (Wildman–Crippen MR) is 48.1 cm³/mol. The van der Waals surface area contributed by atoms with Gasteiger partial charge < -0.3 is 0 Å². The highest BCUT2D eigenvalue weighted by atomic mass is 19.1. The normalized spacial score (nSPS) is 14.7. The third-order valence-electron chi connectivity index (χ3n) is 2.46. The lowest BCUT2D eigenvalue weighted by Gasteiger charge is -2.15. The van der Waals surface area contributed by atoms with Crippen molar-refractivity contribution in [1.82, 2.24) is 0 Å². The van der Waals surface area contributed by atoms with Gasteiger partial charge in [0, 0.05) is 12.8 Å². The lowest BCUT2D eigenvalue weighted by molar-refractivity contribution is -0.118. The van der Waals surface area contributed by atoms with Crippen LogP contribution >= 0.6 is 0 Å². The minimum atomic E-state index is -0.424. The van der Waals surface area contributed by atoms with Crippen LogP contribution in [0.1, 0.15) is 23.1 Å². The Morgan fingerprint density at radius 1 is 1.36 bits per heavy atom. The Labute approximate surface area is 81.0 Å². The van der Waals surface area contributed by atoms with Crippen molar-refractivity contribution in [2.75, 3.05) is 0 Å². The summed E-state index contributed by atoms with van der Waals surface area (Å²) in [6, 6.07) is 4.77. The molecule has 0 spiro atoms. The van der Waals surface area contributed by atoms with Gasteiger partial charge in [-0.2, -0.15) is 5.26 Å². The molecule has 0 saturated heterocycles. The Balaban J connectivity index is 2.54. The van der Waals surface area contributed by atoms with E-state index in [1.807, 2.05) is 6.07 Å². The summed E-state index contributed by atoms with van der Waals surface area (Å²) in [5.41, 5.74) is 1.61. The zero-order valence-corrected chi connectivity index (χ0v) is 7.51. The van der Waals surface area contributed by atoms with Gasteiger partial charge in [-0.15, -0.1) is 0 Å². The largest absolute Gasteiger partial charge is 0.299 e. The van der Waals surface area contributed by atoms with Gasteiger partial charge in [0.05, 0.1) is 11.6 Å². The van der Waals surface area contributed by atoms with Gasteiger partial charge in [-0.1, -0.05) is 0 Å². The summed E-state index contributed by atoms with van der Waals surface area (Å²) >= 11 is 0. The topological polar surface area (TPSA) is 40.9 Å². The lowest BCUT2D eigenvalue weighted by Crippen LogP contribution is -2.15. The minimum Gasteiger partial charge on any atom is -0.299 e. The number of nitrogens with zero attached hydrogens (tertiary/aromatic N) is 1. The van der Waals surface area contributed by atoms with Crippen LogP contribution in [0.5, 0.6) is 0 Å². The van der Waals surface area contributed by atoms with Gasteiger partial charge in [-0.3, -0.25) is 4.79 Å². The van der Waals surface area contributed by atoms with Crippen molar-refractivity contribution in [3.05, 3.63) is 34.6 Å². The first-order chi connectivity index (χ1) is 6.70. The van der Waals surface area contributed by atoms with Crippen LogP contribution < -0.4 is 0 Å². The number of ketones is 1. The Hall–Kier alpha value is -1.69. The van der Waals surface area contributed by atoms with Crippen molar-refractivity contribution in [3.63, 3.8) is 0 Å². The number of Topliss-reactive ketones (excluding diaryl/α,β-unsaturated/α-hetero) is 1. The molecular weight excluding hydrogens is 181 g/mol. The van der Waals surface area contributed by atoms with E-state index in [0.717, 1.165) is 5.56 Å². The number of hydrogen-bond donors (Lipinski definition) is 0. The first-order valence-corrected chi connectivity index (χ1v) is 4.44. The number of hydrogen-bond acceptors (Lipinski definition) is 2. The molecule has 0 bridgehead atoms. The Morgan fingerprint density at radius 3 is 2.86 bits per heavy atom.